The van der Waals surface area contributed by atoms with E-state index in [-0.39, 0.29) is 69.6 Å². The van der Waals surface area contributed by atoms with Gasteiger partial charge >= 0.3 is 19.9 Å². The van der Waals surface area contributed by atoms with Gasteiger partial charge in [-0.25, -0.2) is 9.97 Å². The standard InChI is InChI=1S/2C5H3Cl2N.4ClH.Cu/c2*6-4-2-1-3-5(7)8-4;;;;;/h2*1-3H;4*1H;/q;;;;;;+2/p-2. The second-order valence-electron chi connectivity index (χ2n) is 2.57. The van der Waals surface area contributed by atoms with Crippen LogP contribution in [-0.4, -0.2) is 9.97 Å². The normalized spacial score (nSPS) is 7.05. The Hall–Kier alpha value is 1.14. The summed E-state index contributed by atoms with van der Waals surface area (Å²) in [7, 11) is 0. The number of hydrogen-bond acceptors (Lipinski definition) is 2. The number of aromatic nitrogens is 2. The molecule has 0 aliphatic rings. The number of rotatable bonds is 0. The van der Waals surface area contributed by atoms with E-state index in [0.717, 1.165) is 0 Å². The van der Waals surface area contributed by atoms with Crippen molar-refractivity contribution in [2.75, 3.05) is 0 Å². The maximum Gasteiger partial charge on any atom is 2.00 e. The van der Waals surface area contributed by atoms with Crippen molar-refractivity contribution in [1.29, 1.82) is 0 Å². The zero-order valence-electron chi connectivity index (χ0n) is 11.7. The Bertz CT molecular complexity index is 406. The van der Waals surface area contributed by atoms with Crippen molar-refractivity contribution in [3.63, 3.8) is 0 Å². The Morgan fingerprint density at radius 1 is 0.571 bits per heavy atom. The average molecular weight is 503 g/mol. The Balaban J connectivity index is -0.0000000341. The molecule has 2 aromatic heterocycles. The van der Waals surface area contributed by atoms with Gasteiger partial charge in [0.05, 0.1) is 0 Å². The second kappa shape index (κ2) is 19.2. The van der Waals surface area contributed by atoms with E-state index in [2.05, 4.69) is 9.97 Å². The molecule has 2 heterocycles. The van der Waals surface area contributed by atoms with Crippen molar-refractivity contribution < 1.29 is 69.6 Å². The molecule has 2 aromatic rings. The zero-order chi connectivity index (χ0) is 12.0. The number of halogens is 8. The van der Waals surface area contributed by atoms with E-state index < -0.39 is 0 Å². The van der Waals surface area contributed by atoms with Crippen LogP contribution in [-0.2, 0) is 17.1 Å². The van der Waals surface area contributed by atoms with E-state index in [1.807, 2.05) is 0 Å². The molecule has 0 amide bonds. The van der Waals surface area contributed by atoms with E-state index in [4.69, 9.17) is 46.4 Å². The minimum Gasteiger partial charge on any atom is -1.00 e. The van der Waals surface area contributed by atoms with Gasteiger partial charge in [-0.15, -0.1) is 0 Å². The molecule has 11 heteroatoms. The molecule has 0 N–H and O–H groups in total. The smallest absolute Gasteiger partial charge is 1.00 e. The van der Waals surface area contributed by atoms with Crippen LogP contribution < -0.4 is 49.6 Å². The second-order valence-corrected chi connectivity index (χ2v) is 4.12. The summed E-state index contributed by atoms with van der Waals surface area (Å²) >= 11 is 21.8. The van der Waals surface area contributed by atoms with Crippen molar-refractivity contribution in [1.82, 2.24) is 9.97 Å². The fraction of sp³-hybridized carbons (Fsp3) is 0. The predicted octanol–water partition coefficient (Wildman–Crippen LogP) is -6.98. The molecule has 0 bridgehead atoms. The van der Waals surface area contributed by atoms with Crippen LogP contribution in [0, 0.1) is 0 Å². The molecule has 0 aliphatic carbocycles. The molecule has 0 fully saturated rings. The van der Waals surface area contributed by atoms with Crippen molar-refractivity contribution in [3.8, 4) is 0 Å². The van der Waals surface area contributed by atoms with Crippen LogP contribution in [0.15, 0.2) is 36.4 Å². The first-order chi connectivity index (χ1) is 7.58. The van der Waals surface area contributed by atoms with Gasteiger partial charge in [0.1, 0.15) is 20.6 Å². The van der Waals surface area contributed by atoms with Gasteiger partial charge in [0.2, 0.25) is 0 Å². The molecule has 21 heavy (non-hydrogen) atoms. The first-order valence-electron chi connectivity index (χ1n) is 4.14. The molecule has 0 saturated carbocycles. The van der Waals surface area contributed by atoms with Gasteiger partial charge in [-0.2, -0.15) is 0 Å². The minimum atomic E-state index is 0. The Morgan fingerprint density at radius 3 is 0.857 bits per heavy atom. The Morgan fingerprint density at radius 2 is 0.762 bits per heavy atom. The fourth-order valence-corrected chi connectivity index (χ4v) is 1.51. The largest absolute Gasteiger partial charge is 2.00 e. The van der Waals surface area contributed by atoms with Gasteiger partial charge in [-0.1, -0.05) is 58.5 Å². The molecular formula is C10H8Cl8CuN2. The molecule has 1 radical (unpaired) electrons. The van der Waals surface area contributed by atoms with E-state index in [0.29, 0.717) is 20.6 Å². The Kier molecular flexibility index (Phi) is 30.8. The molecule has 0 atom stereocenters. The SMILES string of the molecule is Clc1cccc(Cl)n1.Clc1cccc(Cl)n1.[Cl-].[Cl-].[Cl-].[Cl-].[Cu+2].[H+].[H+]. The van der Waals surface area contributed by atoms with Crippen molar-refractivity contribution in [2.45, 2.75) is 0 Å². The summed E-state index contributed by atoms with van der Waals surface area (Å²) in [6.07, 6.45) is 0. The van der Waals surface area contributed by atoms with Gasteiger partial charge < -0.3 is 49.6 Å². The monoisotopic (exact) mass is 499 g/mol. The van der Waals surface area contributed by atoms with Crippen LogP contribution in [0.4, 0.5) is 0 Å². The molecule has 0 aromatic carbocycles. The Labute approximate surface area is 181 Å². The van der Waals surface area contributed by atoms with E-state index in [9.17, 15) is 0 Å². The maximum atomic E-state index is 5.45. The predicted molar refractivity (Wildman–Crippen MR) is 70.7 cm³/mol. The van der Waals surface area contributed by atoms with Gasteiger partial charge in [0.25, 0.3) is 0 Å². The first-order valence-corrected chi connectivity index (χ1v) is 5.65. The molecule has 125 valence electrons. The number of nitrogens with zero attached hydrogens (tertiary/aromatic N) is 2. The number of hydrogen-bond donors (Lipinski definition) is 0. The molecular weight excluding hydrogens is 495 g/mol. The average Bonchev–Trinajstić information content (AvgIpc) is 2.17. The van der Waals surface area contributed by atoms with Crippen LogP contribution in [0.1, 0.15) is 2.85 Å². The van der Waals surface area contributed by atoms with Crippen LogP contribution >= 0.6 is 46.4 Å². The summed E-state index contributed by atoms with van der Waals surface area (Å²) in [6.45, 7) is 0. The molecule has 2 rings (SSSR count). The third-order valence-corrected chi connectivity index (χ3v) is 2.20. The number of pyridine rings is 2. The zero-order valence-corrected chi connectivity index (χ0v) is 16.7. The van der Waals surface area contributed by atoms with Crippen molar-refractivity contribution in [3.05, 3.63) is 57.0 Å². The van der Waals surface area contributed by atoms with E-state index in [1.165, 1.54) is 0 Å². The van der Waals surface area contributed by atoms with Gasteiger partial charge in [0.15, 0.2) is 0 Å². The van der Waals surface area contributed by atoms with Crippen molar-refractivity contribution >= 4 is 46.4 Å². The summed E-state index contributed by atoms with van der Waals surface area (Å²) in [6, 6.07) is 10.2. The fourth-order valence-electron chi connectivity index (χ4n) is 0.767. The third-order valence-electron chi connectivity index (χ3n) is 1.36. The molecule has 0 spiro atoms. The minimum absolute atomic E-state index is 0. The van der Waals surface area contributed by atoms with Crippen LogP contribution in [0.25, 0.3) is 0 Å². The van der Waals surface area contributed by atoms with Crippen LogP contribution in [0.2, 0.25) is 20.6 Å². The molecule has 0 aliphatic heterocycles. The first kappa shape index (κ1) is 33.7. The summed E-state index contributed by atoms with van der Waals surface area (Å²) < 4.78 is 0. The van der Waals surface area contributed by atoms with E-state index >= 15 is 0 Å². The quantitative estimate of drug-likeness (QED) is 0.264. The summed E-state index contributed by atoms with van der Waals surface area (Å²) in [5, 5.41) is 1.71. The summed E-state index contributed by atoms with van der Waals surface area (Å²) in [4.78, 5) is 7.41. The van der Waals surface area contributed by atoms with Gasteiger partial charge in [-0.3, -0.25) is 0 Å². The van der Waals surface area contributed by atoms with Crippen LogP contribution in [0.5, 0.6) is 0 Å². The van der Waals surface area contributed by atoms with Gasteiger partial charge in [0, 0.05) is 0 Å². The van der Waals surface area contributed by atoms with Crippen molar-refractivity contribution in [2.24, 2.45) is 0 Å². The topological polar surface area (TPSA) is 25.8 Å². The molecule has 2 nitrogen and oxygen atoms in total. The third kappa shape index (κ3) is 17.3. The maximum absolute atomic E-state index is 5.45. The van der Waals surface area contributed by atoms with E-state index in [1.54, 1.807) is 36.4 Å². The van der Waals surface area contributed by atoms with Crippen LogP contribution in [0.3, 0.4) is 0 Å². The molecule has 0 unspecified atom stereocenters. The van der Waals surface area contributed by atoms with Gasteiger partial charge in [-0.05, 0) is 24.3 Å². The summed E-state index contributed by atoms with van der Waals surface area (Å²) in [5.41, 5.74) is 0. The summed E-state index contributed by atoms with van der Waals surface area (Å²) in [5.74, 6) is 0. The molecule has 0 saturated heterocycles.